The number of rotatable bonds is 11. The van der Waals surface area contributed by atoms with Crippen LogP contribution in [0.4, 0.5) is 32.0 Å². The van der Waals surface area contributed by atoms with Crippen molar-refractivity contribution in [3.63, 3.8) is 0 Å². The Labute approximate surface area is 294 Å². The SMILES string of the molecule is CCOC(=O)C(Cl)Cc1cc(-n2nc(C)n(C(F)F)c2=O)c(F)cc1Cl.CCOc1cc(Oc2ccc(C(F)(F)F)cc2Cl)ccc1[N+](=O)[O-]. The first-order valence-corrected chi connectivity index (χ1v) is 15.3. The van der Waals surface area contributed by atoms with Gasteiger partial charge in [-0.25, -0.2) is 13.8 Å². The van der Waals surface area contributed by atoms with Crippen molar-refractivity contribution in [1.29, 1.82) is 0 Å². The number of nitrogens with zero attached hydrogens (tertiary/aromatic N) is 4. The van der Waals surface area contributed by atoms with Gasteiger partial charge in [-0.15, -0.1) is 16.7 Å². The van der Waals surface area contributed by atoms with Crippen LogP contribution >= 0.6 is 34.8 Å². The number of nitro benzene ring substituents is 1. The summed E-state index contributed by atoms with van der Waals surface area (Å²) in [5.74, 6) is -1.80. The number of nitro groups is 1. The number of alkyl halides is 6. The van der Waals surface area contributed by atoms with Crippen LogP contribution in [0.25, 0.3) is 5.69 Å². The van der Waals surface area contributed by atoms with Gasteiger partial charge in [0.25, 0.3) is 0 Å². The molecule has 4 rings (SSSR count). The highest BCUT2D eigenvalue weighted by Crippen LogP contribution is 2.38. The normalized spacial score (nSPS) is 11.9. The third kappa shape index (κ3) is 9.82. The van der Waals surface area contributed by atoms with E-state index < -0.39 is 46.1 Å². The fraction of sp³-hybridized carbons (Fsp3) is 0.300. The highest BCUT2D eigenvalue weighted by Gasteiger charge is 2.31. The van der Waals surface area contributed by atoms with Crippen molar-refractivity contribution >= 4 is 46.5 Å². The van der Waals surface area contributed by atoms with Gasteiger partial charge in [0.1, 0.15) is 28.4 Å². The molecular formula is C30H25Cl3F6N4O7. The molecule has 0 aliphatic heterocycles. The molecule has 0 saturated heterocycles. The monoisotopic (exact) mass is 772 g/mol. The average molecular weight is 774 g/mol. The summed E-state index contributed by atoms with van der Waals surface area (Å²) in [6, 6.07) is 8.43. The van der Waals surface area contributed by atoms with Crippen molar-refractivity contribution in [1.82, 2.24) is 14.3 Å². The molecule has 0 saturated carbocycles. The number of esters is 1. The molecule has 0 spiro atoms. The van der Waals surface area contributed by atoms with E-state index in [0.29, 0.717) is 4.68 Å². The molecule has 0 radical (unpaired) electrons. The maximum atomic E-state index is 14.2. The van der Waals surface area contributed by atoms with Crippen LogP contribution in [0, 0.1) is 22.9 Å². The molecular weight excluding hydrogens is 749 g/mol. The molecule has 270 valence electrons. The number of aryl methyl sites for hydroxylation is 1. The zero-order chi connectivity index (χ0) is 37.5. The largest absolute Gasteiger partial charge is 0.487 e. The van der Waals surface area contributed by atoms with E-state index in [1.54, 1.807) is 13.8 Å². The molecule has 0 N–H and O–H groups in total. The molecule has 0 amide bonds. The lowest BCUT2D eigenvalue weighted by molar-refractivity contribution is -0.385. The lowest BCUT2D eigenvalue weighted by atomic mass is 10.1. The van der Waals surface area contributed by atoms with E-state index >= 15 is 0 Å². The minimum absolute atomic E-state index is 0.0111. The standard InChI is InChI=1S/C15H14Cl2F3N3O3.C15H11ClF3NO4/c1-3-26-13(24)10(17)4-8-5-12(11(18)6-9(8)16)23-15(25)22(14(19)20)7(2)21-23;1-2-23-14-8-10(4-5-12(14)20(21)22)24-13-6-3-9(7-11(13)16)15(17,18)19/h5-6,10,14H,3-4H2,1-2H3;3-8H,2H2,1H3. The molecule has 1 atom stereocenters. The van der Waals surface area contributed by atoms with Crippen LogP contribution in [-0.2, 0) is 22.1 Å². The molecule has 0 aliphatic rings. The predicted molar refractivity (Wildman–Crippen MR) is 170 cm³/mol. The quantitative estimate of drug-likeness (QED) is 0.0487. The second-order valence-electron chi connectivity index (χ2n) is 9.77. The predicted octanol–water partition coefficient (Wildman–Crippen LogP) is 8.70. The van der Waals surface area contributed by atoms with E-state index in [1.165, 1.54) is 25.1 Å². The summed E-state index contributed by atoms with van der Waals surface area (Å²) in [6.07, 6.45) is -4.63. The smallest absolute Gasteiger partial charge is 0.416 e. The van der Waals surface area contributed by atoms with Crippen molar-refractivity contribution in [2.75, 3.05) is 13.2 Å². The first-order valence-electron chi connectivity index (χ1n) is 14.1. The van der Waals surface area contributed by atoms with E-state index in [2.05, 4.69) is 5.10 Å². The Balaban J connectivity index is 0.000000271. The number of aromatic nitrogens is 3. The number of carbonyl (C=O) groups excluding carboxylic acids is 1. The number of hydrogen-bond donors (Lipinski definition) is 0. The Morgan fingerprint density at radius 2 is 1.70 bits per heavy atom. The molecule has 0 fully saturated rings. The van der Waals surface area contributed by atoms with E-state index in [9.17, 15) is 46.0 Å². The minimum Gasteiger partial charge on any atom is -0.487 e. The lowest BCUT2D eigenvalue weighted by Crippen LogP contribution is -2.25. The zero-order valence-electron chi connectivity index (χ0n) is 25.9. The molecule has 0 bridgehead atoms. The van der Waals surface area contributed by atoms with E-state index in [0.717, 1.165) is 30.3 Å². The number of carbonyl (C=O) groups is 1. The van der Waals surface area contributed by atoms with Crippen molar-refractivity contribution < 1.29 is 50.3 Å². The fourth-order valence-electron chi connectivity index (χ4n) is 4.13. The van der Waals surface area contributed by atoms with Gasteiger partial charge in [-0.3, -0.25) is 14.9 Å². The molecule has 1 unspecified atom stereocenters. The van der Waals surface area contributed by atoms with Crippen LogP contribution in [0.2, 0.25) is 10.0 Å². The van der Waals surface area contributed by atoms with Gasteiger partial charge in [-0.05, 0) is 62.7 Å². The van der Waals surface area contributed by atoms with Crippen LogP contribution in [0.15, 0.2) is 53.3 Å². The summed E-state index contributed by atoms with van der Waals surface area (Å²) in [4.78, 5) is 34.0. The Morgan fingerprint density at radius 3 is 2.24 bits per heavy atom. The summed E-state index contributed by atoms with van der Waals surface area (Å²) >= 11 is 17.7. The zero-order valence-corrected chi connectivity index (χ0v) is 28.2. The van der Waals surface area contributed by atoms with Gasteiger partial charge in [0.05, 0.1) is 28.7 Å². The lowest BCUT2D eigenvalue weighted by Gasteiger charge is -2.12. The maximum absolute atomic E-state index is 14.2. The molecule has 0 aliphatic carbocycles. The summed E-state index contributed by atoms with van der Waals surface area (Å²) in [7, 11) is 0. The van der Waals surface area contributed by atoms with Gasteiger partial charge in [0.2, 0.25) is 5.75 Å². The summed E-state index contributed by atoms with van der Waals surface area (Å²) in [5.41, 5.74) is -2.52. The maximum Gasteiger partial charge on any atom is 0.416 e. The van der Waals surface area contributed by atoms with Gasteiger partial charge in [0, 0.05) is 23.6 Å². The van der Waals surface area contributed by atoms with Crippen LogP contribution in [0.5, 0.6) is 17.2 Å². The van der Waals surface area contributed by atoms with Crippen LogP contribution < -0.4 is 15.2 Å². The number of halogens is 9. The van der Waals surface area contributed by atoms with Crippen molar-refractivity contribution in [3.8, 4) is 22.9 Å². The minimum atomic E-state index is -4.52. The second-order valence-corrected chi connectivity index (χ2v) is 11.1. The van der Waals surface area contributed by atoms with Crippen molar-refractivity contribution in [2.24, 2.45) is 0 Å². The third-order valence-electron chi connectivity index (χ3n) is 6.38. The molecule has 3 aromatic carbocycles. The van der Waals surface area contributed by atoms with Gasteiger partial charge >= 0.3 is 30.1 Å². The van der Waals surface area contributed by atoms with E-state index in [4.69, 9.17) is 49.0 Å². The van der Waals surface area contributed by atoms with Crippen LogP contribution in [-0.4, -0.2) is 43.8 Å². The van der Waals surface area contributed by atoms with Gasteiger partial charge < -0.3 is 14.2 Å². The number of ether oxygens (including phenoxy) is 3. The van der Waals surface area contributed by atoms with Gasteiger partial charge in [-0.1, -0.05) is 23.2 Å². The molecule has 50 heavy (non-hydrogen) atoms. The molecule has 11 nitrogen and oxygen atoms in total. The van der Waals surface area contributed by atoms with Crippen LogP contribution in [0.3, 0.4) is 0 Å². The highest BCUT2D eigenvalue weighted by atomic mass is 35.5. The van der Waals surface area contributed by atoms with Gasteiger partial charge in [0.15, 0.2) is 5.82 Å². The Kier molecular flexibility index (Phi) is 13.5. The second kappa shape index (κ2) is 17.0. The molecule has 1 heterocycles. The third-order valence-corrected chi connectivity index (χ3v) is 7.36. The van der Waals surface area contributed by atoms with Crippen molar-refractivity contribution in [3.05, 3.63) is 102 Å². The fourth-order valence-corrected chi connectivity index (χ4v) is 4.81. The van der Waals surface area contributed by atoms with Crippen LogP contribution in [0.1, 0.15) is 37.3 Å². The van der Waals surface area contributed by atoms with E-state index in [-0.39, 0.29) is 74.3 Å². The van der Waals surface area contributed by atoms with Gasteiger partial charge in [-0.2, -0.15) is 26.6 Å². The first-order chi connectivity index (χ1) is 23.4. The highest BCUT2D eigenvalue weighted by molar-refractivity contribution is 6.32. The number of benzene rings is 3. The topological polar surface area (TPSA) is 128 Å². The summed E-state index contributed by atoms with van der Waals surface area (Å²) in [6.45, 7) is 1.66. The summed E-state index contributed by atoms with van der Waals surface area (Å²) < 4.78 is 93.9. The summed E-state index contributed by atoms with van der Waals surface area (Å²) in [5, 5.41) is 13.2. The first kappa shape index (κ1) is 40.0. The molecule has 4 aromatic rings. The Morgan fingerprint density at radius 1 is 1.02 bits per heavy atom. The average Bonchev–Trinajstić information content (AvgIpc) is 3.32. The van der Waals surface area contributed by atoms with E-state index in [1.807, 2.05) is 0 Å². The Hall–Kier alpha value is -4.48. The number of hydrogen-bond acceptors (Lipinski definition) is 8. The Bertz CT molecular complexity index is 1920. The molecule has 20 heteroatoms. The molecule has 1 aromatic heterocycles. The van der Waals surface area contributed by atoms with Crippen molar-refractivity contribution in [2.45, 2.75) is 45.3 Å².